The number of amides is 3. The van der Waals surface area contributed by atoms with Crippen LogP contribution in [0.2, 0.25) is 0 Å². The molecule has 4 rings (SSSR count). The molecule has 3 atom stereocenters. The van der Waals surface area contributed by atoms with Crippen molar-refractivity contribution in [1.29, 1.82) is 0 Å². The van der Waals surface area contributed by atoms with Gasteiger partial charge >= 0.3 is 18.2 Å². The highest BCUT2D eigenvalue weighted by molar-refractivity contribution is 5.98. The number of carbonyl (C=O) groups is 4. The summed E-state index contributed by atoms with van der Waals surface area (Å²) in [6.45, 7) is -0.623. The summed E-state index contributed by atoms with van der Waals surface area (Å²) in [5.41, 5.74) is -1.17. The zero-order valence-corrected chi connectivity index (χ0v) is 24.4. The van der Waals surface area contributed by atoms with E-state index in [2.05, 4.69) is 15.6 Å². The molecule has 0 bridgehead atoms. The van der Waals surface area contributed by atoms with Gasteiger partial charge in [0.15, 0.2) is 0 Å². The molecule has 244 valence electrons. The minimum Gasteiger partial charge on any atom is -0.480 e. The van der Waals surface area contributed by atoms with Gasteiger partial charge in [0.2, 0.25) is 5.91 Å². The van der Waals surface area contributed by atoms with Crippen LogP contribution in [0.4, 0.5) is 23.8 Å². The van der Waals surface area contributed by atoms with Crippen molar-refractivity contribution >= 4 is 29.7 Å². The van der Waals surface area contributed by atoms with E-state index in [9.17, 15) is 37.5 Å². The number of carboxylic acids is 1. The summed E-state index contributed by atoms with van der Waals surface area (Å²) < 4.78 is 51.1. The van der Waals surface area contributed by atoms with E-state index in [-0.39, 0.29) is 19.2 Å². The van der Waals surface area contributed by atoms with Gasteiger partial charge in [-0.05, 0) is 36.2 Å². The summed E-state index contributed by atoms with van der Waals surface area (Å²) in [6, 6.07) is 16.3. The minimum absolute atomic E-state index is 0.0631. The number of alkyl halides is 3. The van der Waals surface area contributed by atoms with Crippen LogP contribution in [0.5, 0.6) is 0 Å². The fourth-order valence-electron chi connectivity index (χ4n) is 4.73. The van der Waals surface area contributed by atoms with Crippen LogP contribution >= 0.6 is 0 Å². The average molecular weight is 644 g/mol. The number of carboxylic acid groups (broad SMARTS) is 1. The van der Waals surface area contributed by atoms with Crippen LogP contribution in [-0.4, -0.2) is 83.3 Å². The number of ether oxygens (including phenoxy) is 2. The number of halogens is 3. The normalized spacial score (nSPS) is 16.7. The highest BCUT2D eigenvalue weighted by Crippen LogP contribution is 2.31. The molecular weight excluding hydrogens is 611 g/mol. The second-order valence-electron chi connectivity index (χ2n) is 10.3. The van der Waals surface area contributed by atoms with Gasteiger partial charge in [0, 0.05) is 19.3 Å². The Balaban J connectivity index is 1.30. The zero-order valence-electron chi connectivity index (χ0n) is 24.4. The van der Waals surface area contributed by atoms with Gasteiger partial charge in [-0.2, -0.15) is 13.2 Å². The third-order valence-corrected chi connectivity index (χ3v) is 7.03. The molecule has 0 radical (unpaired) electrons. The van der Waals surface area contributed by atoms with Gasteiger partial charge in [-0.25, -0.2) is 14.6 Å². The van der Waals surface area contributed by atoms with Crippen LogP contribution < -0.4 is 16.0 Å². The first-order valence-electron chi connectivity index (χ1n) is 14.2. The fourth-order valence-corrected chi connectivity index (χ4v) is 4.73. The van der Waals surface area contributed by atoms with E-state index >= 15 is 0 Å². The monoisotopic (exact) mass is 643 g/mol. The van der Waals surface area contributed by atoms with Gasteiger partial charge in [-0.1, -0.05) is 48.5 Å². The number of aromatic nitrogens is 1. The predicted octanol–water partition coefficient (Wildman–Crippen LogP) is 3.31. The number of likely N-dealkylation sites (tertiary alicyclic amines) is 1. The largest absolute Gasteiger partial charge is 0.480 e. The summed E-state index contributed by atoms with van der Waals surface area (Å²) >= 11 is 0. The summed E-state index contributed by atoms with van der Waals surface area (Å²) in [7, 11) is 0. The van der Waals surface area contributed by atoms with Gasteiger partial charge in [-0.15, -0.1) is 0 Å². The van der Waals surface area contributed by atoms with E-state index in [4.69, 9.17) is 9.47 Å². The lowest BCUT2D eigenvalue weighted by molar-refractivity contribution is -0.139. The molecule has 3 amide bonds. The van der Waals surface area contributed by atoms with E-state index in [0.29, 0.717) is 24.8 Å². The second-order valence-corrected chi connectivity index (χ2v) is 10.3. The van der Waals surface area contributed by atoms with Gasteiger partial charge in [0.25, 0.3) is 5.91 Å². The third kappa shape index (κ3) is 9.66. The van der Waals surface area contributed by atoms with Crippen LogP contribution in [-0.2, 0) is 31.8 Å². The molecule has 1 saturated heterocycles. The number of anilines is 1. The smallest absolute Gasteiger partial charge is 0.417 e. The second kappa shape index (κ2) is 15.7. The molecule has 3 aromatic rings. The van der Waals surface area contributed by atoms with Crippen molar-refractivity contribution < 1.29 is 46.9 Å². The summed E-state index contributed by atoms with van der Waals surface area (Å²) in [5.74, 6) is -2.96. The van der Waals surface area contributed by atoms with E-state index < -0.39 is 66.5 Å². The van der Waals surface area contributed by atoms with E-state index in [1.807, 2.05) is 41.7 Å². The quantitative estimate of drug-likeness (QED) is 0.219. The topological polar surface area (TPSA) is 159 Å². The molecule has 1 aliphatic heterocycles. The van der Waals surface area contributed by atoms with E-state index in [0.717, 1.165) is 17.7 Å². The van der Waals surface area contributed by atoms with Crippen LogP contribution in [0.25, 0.3) is 0 Å². The minimum atomic E-state index is -4.83. The van der Waals surface area contributed by atoms with Gasteiger partial charge in [0.1, 0.15) is 25.1 Å². The maximum Gasteiger partial charge on any atom is 0.417 e. The molecule has 2 aromatic carbocycles. The SMILES string of the molecule is O=C(COC1CC(CNc2ccccn2)N(C(=O)OCc2ccccc2)C1)NCC(NC(=O)c1ccccc1C(F)(F)F)C(=O)O. The Morgan fingerprint density at radius 1 is 1.00 bits per heavy atom. The van der Waals surface area contributed by atoms with Gasteiger partial charge < -0.3 is 35.4 Å². The Morgan fingerprint density at radius 2 is 1.72 bits per heavy atom. The van der Waals surface area contributed by atoms with Crippen molar-refractivity contribution in [3.05, 3.63) is 95.7 Å². The number of nitrogens with zero attached hydrogens (tertiary/aromatic N) is 2. The van der Waals surface area contributed by atoms with Crippen molar-refractivity contribution in [3.63, 3.8) is 0 Å². The molecule has 1 aliphatic rings. The maximum atomic E-state index is 13.3. The van der Waals surface area contributed by atoms with Crippen molar-refractivity contribution in [2.24, 2.45) is 0 Å². The molecule has 0 saturated carbocycles. The average Bonchev–Trinajstić information content (AvgIpc) is 3.47. The first-order chi connectivity index (χ1) is 22.0. The number of rotatable bonds is 13. The highest BCUT2D eigenvalue weighted by atomic mass is 19.4. The molecule has 2 heterocycles. The molecule has 46 heavy (non-hydrogen) atoms. The standard InChI is InChI=1S/C31H32F3N5O7/c32-31(33,34)24-11-5-4-10-23(24)28(41)38-25(29(42)43)16-37-27(40)19-45-22-14-21(15-36-26-12-6-7-13-35-26)39(17-22)30(44)46-18-20-8-2-1-3-9-20/h1-13,21-22,25H,14-19H2,(H,35,36)(H,37,40)(H,38,41)(H,42,43). The van der Waals surface area contributed by atoms with E-state index in [1.165, 1.54) is 11.0 Å². The molecule has 12 nitrogen and oxygen atoms in total. The lowest BCUT2D eigenvalue weighted by Gasteiger charge is -2.24. The van der Waals surface area contributed by atoms with Crippen molar-refractivity contribution in [3.8, 4) is 0 Å². The number of nitrogens with one attached hydrogen (secondary N) is 3. The summed E-state index contributed by atoms with van der Waals surface area (Å²) in [4.78, 5) is 55.4. The molecular formula is C31H32F3N5O7. The predicted molar refractivity (Wildman–Crippen MR) is 158 cm³/mol. The van der Waals surface area contributed by atoms with Crippen LogP contribution in [0, 0.1) is 0 Å². The Bertz CT molecular complexity index is 1490. The first-order valence-corrected chi connectivity index (χ1v) is 14.2. The molecule has 15 heteroatoms. The molecule has 0 aliphatic carbocycles. The van der Waals surface area contributed by atoms with Gasteiger partial charge in [-0.3, -0.25) is 9.59 Å². The fraction of sp³-hybridized carbons (Fsp3) is 0.323. The Morgan fingerprint density at radius 3 is 2.41 bits per heavy atom. The number of hydrogen-bond acceptors (Lipinski definition) is 8. The number of benzene rings is 2. The number of pyridine rings is 1. The van der Waals surface area contributed by atoms with Crippen LogP contribution in [0.1, 0.15) is 27.9 Å². The van der Waals surface area contributed by atoms with Crippen molar-refractivity contribution in [1.82, 2.24) is 20.5 Å². The van der Waals surface area contributed by atoms with E-state index in [1.54, 1.807) is 18.3 Å². The Labute approximate surface area is 261 Å². The van der Waals surface area contributed by atoms with Gasteiger partial charge in [0.05, 0.1) is 29.8 Å². The van der Waals surface area contributed by atoms with Crippen LogP contribution in [0.3, 0.4) is 0 Å². The number of aliphatic carboxylic acids is 1. The molecule has 1 aromatic heterocycles. The molecule has 1 fully saturated rings. The van der Waals surface area contributed by atoms with Crippen LogP contribution in [0.15, 0.2) is 79.0 Å². The van der Waals surface area contributed by atoms with Crippen molar-refractivity contribution in [2.75, 3.05) is 31.6 Å². The molecule has 0 spiro atoms. The zero-order chi connectivity index (χ0) is 33.1. The van der Waals surface area contributed by atoms with Crippen molar-refractivity contribution in [2.45, 2.75) is 37.4 Å². The maximum absolute atomic E-state index is 13.3. The number of hydrogen-bond donors (Lipinski definition) is 4. The lowest BCUT2D eigenvalue weighted by Crippen LogP contribution is -2.49. The lowest BCUT2D eigenvalue weighted by atomic mass is 10.1. The first kappa shape index (κ1) is 33.7. The molecule has 3 unspecified atom stereocenters. The number of carbonyl (C=O) groups excluding carboxylic acids is 3. The Hall–Kier alpha value is -5.18. The third-order valence-electron chi connectivity index (χ3n) is 7.03. The highest BCUT2D eigenvalue weighted by Gasteiger charge is 2.38. The summed E-state index contributed by atoms with van der Waals surface area (Å²) in [6.07, 6.45) is -4.01. The Kier molecular flexibility index (Phi) is 11.5. The summed E-state index contributed by atoms with van der Waals surface area (Å²) in [5, 5.41) is 17.0. The molecule has 4 N–H and O–H groups in total.